The Bertz CT molecular complexity index is 1740. The maximum Gasteiger partial charge on any atom is 0.336 e. The minimum Gasteiger partial charge on any atom is -0.506 e. The van der Waals surface area contributed by atoms with Gasteiger partial charge in [0.15, 0.2) is 5.78 Å². The Hall–Kier alpha value is -5.83. The van der Waals surface area contributed by atoms with Crippen LogP contribution in [0.4, 0.5) is 11.4 Å². The van der Waals surface area contributed by atoms with Crippen molar-refractivity contribution in [2.75, 3.05) is 10.7 Å². The molecular formula is C31H21N3O6. The van der Waals surface area contributed by atoms with Crippen molar-refractivity contribution in [3.8, 4) is 5.75 Å². The molecule has 0 heterocycles. The monoisotopic (exact) mass is 531 g/mol. The number of rotatable bonds is 7. The van der Waals surface area contributed by atoms with Crippen LogP contribution < -0.4 is 10.7 Å². The van der Waals surface area contributed by atoms with E-state index in [1.54, 1.807) is 60.7 Å². The number of anilines is 2. The Morgan fingerprint density at radius 3 is 2.17 bits per heavy atom. The first kappa shape index (κ1) is 25.8. The van der Waals surface area contributed by atoms with Crippen LogP contribution >= 0.6 is 0 Å². The van der Waals surface area contributed by atoms with Gasteiger partial charge in [-0.15, -0.1) is 0 Å². The van der Waals surface area contributed by atoms with Crippen LogP contribution in [0.25, 0.3) is 6.08 Å². The van der Waals surface area contributed by atoms with Crippen LogP contribution in [0, 0.1) is 0 Å². The van der Waals surface area contributed by atoms with Gasteiger partial charge >= 0.3 is 5.97 Å². The molecule has 196 valence electrons. The molecule has 0 saturated carbocycles. The summed E-state index contributed by atoms with van der Waals surface area (Å²) in [6, 6.07) is 23.6. The molecule has 1 amide bonds. The van der Waals surface area contributed by atoms with Crippen LogP contribution in [0.5, 0.6) is 5.75 Å². The molecule has 0 bridgehead atoms. The number of hydrogen-bond donors (Lipinski definition) is 4. The Labute approximate surface area is 228 Å². The fraction of sp³-hybridized carbons (Fsp3) is 0. The summed E-state index contributed by atoms with van der Waals surface area (Å²) in [6.45, 7) is 0. The van der Waals surface area contributed by atoms with Crippen molar-refractivity contribution >= 4 is 46.6 Å². The van der Waals surface area contributed by atoms with E-state index in [4.69, 9.17) is 0 Å². The highest BCUT2D eigenvalue weighted by atomic mass is 16.4. The molecule has 0 unspecified atom stereocenters. The van der Waals surface area contributed by atoms with Gasteiger partial charge < -0.3 is 15.5 Å². The molecule has 0 fully saturated rings. The van der Waals surface area contributed by atoms with Crippen LogP contribution in [0.15, 0.2) is 102 Å². The normalized spacial score (nSPS) is 13.0. The highest BCUT2D eigenvalue weighted by Gasteiger charge is 2.24. The third-order valence-electron chi connectivity index (χ3n) is 6.22. The largest absolute Gasteiger partial charge is 0.506 e. The Balaban J connectivity index is 1.43. The first-order valence-corrected chi connectivity index (χ1v) is 12.1. The quantitative estimate of drug-likeness (QED) is 0.149. The van der Waals surface area contributed by atoms with Crippen molar-refractivity contribution in [3.63, 3.8) is 0 Å². The van der Waals surface area contributed by atoms with E-state index in [1.807, 2.05) is 0 Å². The second-order valence-corrected chi connectivity index (χ2v) is 8.77. The average molecular weight is 532 g/mol. The van der Waals surface area contributed by atoms with Crippen molar-refractivity contribution in [1.29, 1.82) is 0 Å². The van der Waals surface area contributed by atoms with Gasteiger partial charge in [-0.3, -0.25) is 19.8 Å². The summed E-state index contributed by atoms with van der Waals surface area (Å²) in [4.78, 5) is 50.1. The van der Waals surface area contributed by atoms with Crippen LogP contribution in [0.1, 0.15) is 47.8 Å². The van der Waals surface area contributed by atoms with Crippen LogP contribution in [0.2, 0.25) is 0 Å². The van der Waals surface area contributed by atoms with Crippen molar-refractivity contribution in [2.24, 2.45) is 5.10 Å². The third kappa shape index (κ3) is 5.11. The van der Waals surface area contributed by atoms with E-state index < -0.39 is 17.5 Å². The number of carbonyl (C=O) groups excluding carboxylic acids is 3. The molecule has 0 aliphatic heterocycles. The lowest BCUT2D eigenvalue weighted by Gasteiger charge is -2.18. The Morgan fingerprint density at radius 2 is 1.45 bits per heavy atom. The summed E-state index contributed by atoms with van der Waals surface area (Å²) < 4.78 is 0. The lowest BCUT2D eigenvalue weighted by Crippen LogP contribution is -2.23. The number of ketones is 2. The topological polar surface area (TPSA) is 145 Å². The van der Waals surface area contributed by atoms with E-state index in [1.165, 1.54) is 42.5 Å². The van der Waals surface area contributed by atoms with Gasteiger partial charge in [0.25, 0.3) is 5.91 Å². The van der Waals surface area contributed by atoms with Crippen molar-refractivity contribution in [2.45, 2.75) is 0 Å². The van der Waals surface area contributed by atoms with E-state index >= 15 is 0 Å². The van der Waals surface area contributed by atoms with Gasteiger partial charge in [0.05, 0.1) is 16.9 Å². The van der Waals surface area contributed by atoms with Crippen molar-refractivity contribution in [1.82, 2.24) is 0 Å². The lowest BCUT2D eigenvalue weighted by atomic mass is 9.93. The number of hydrazone groups is 1. The van der Waals surface area contributed by atoms with Crippen LogP contribution in [-0.2, 0) is 4.79 Å². The molecule has 0 aromatic heterocycles. The zero-order chi connectivity index (χ0) is 28.2. The summed E-state index contributed by atoms with van der Waals surface area (Å²) in [6.07, 6.45) is 2.98. The van der Waals surface area contributed by atoms with Gasteiger partial charge in [0.2, 0.25) is 5.78 Å². The SMILES string of the molecule is O=C1C=Cc2cccc(NC(=O)c3ccccc3)c2C1=NNc1ccc(C(=O)c2ccccc2C(=O)O)cc1O. The number of hydrogen-bond acceptors (Lipinski definition) is 7. The molecule has 9 nitrogen and oxygen atoms in total. The molecule has 4 aromatic rings. The Kier molecular flexibility index (Phi) is 7.02. The maximum absolute atomic E-state index is 12.9. The number of fused-ring (bicyclic) bond motifs is 1. The number of nitrogens with zero attached hydrogens (tertiary/aromatic N) is 1. The van der Waals surface area contributed by atoms with E-state index in [9.17, 15) is 29.4 Å². The van der Waals surface area contributed by atoms with Crippen LogP contribution in [0.3, 0.4) is 0 Å². The molecule has 0 saturated heterocycles. The number of aromatic hydroxyl groups is 1. The highest BCUT2D eigenvalue weighted by Crippen LogP contribution is 2.29. The number of phenols is 1. The molecule has 4 N–H and O–H groups in total. The number of carbonyl (C=O) groups is 4. The predicted molar refractivity (Wildman–Crippen MR) is 150 cm³/mol. The van der Waals surface area contributed by atoms with Gasteiger partial charge in [-0.05, 0) is 54.1 Å². The number of carboxylic acids is 1. The van der Waals surface area contributed by atoms with Crippen molar-refractivity contribution < 1.29 is 29.4 Å². The highest BCUT2D eigenvalue weighted by molar-refractivity contribution is 6.53. The summed E-state index contributed by atoms with van der Waals surface area (Å²) >= 11 is 0. The summed E-state index contributed by atoms with van der Waals surface area (Å²) in [5.74, 6) is -2.93. The molecule has 40 heavy (non-hydrogen) atoms. The summed E-state index contributed by atoms with van der Waals surface area (Å²) in [7, 11) is 0. The zero-order valence-corrected chi connectivity index (χ0v) is 20.8. The molecule has 0 radical (unpaired) electrons. The number of carboxylic acid groups (broad SMARTS) is 1. The van der Waals surface area contributed by atoms with Gasteiger partial charge in [-0.1, -0.05) is 54.6 Å². The van der Waals surface area contributed by atoms with Gasteiger partial charge in [0, 0.05) is 22.3 Å². The number of nitrogens with one attached hydrogen (secondary N) is 2. The molecule has 1 aliphatic rings. The van der Waals surface area contributed by atoms with Gasteiger partial charge in [-0.2, -0.15) is 5.10 Å². The van der Waals surface area contributed by atoms with Gasteiger partial charge in [-0.25, -0.2) is 4.79 Å². The summed E-state index contributed by atoms with van der Waals surface area (Å²) in [5.41, 5.74) is 4.57. The van der Waals surface area contributed by atoms with E-state index in [0.29, 0.717) is 22.4 Å². The van der Waals surface area contributed by atoms with E-state index in [0.717, 1.165) is 0 Å². The van der Waals surface area contributed by atoms with Crippen LogP contribution in [-0.4, -0.2) is 39.4 Å². The van der Waals surface area contributed by atoms with Gasteiger partial charge in [0.1, 0.15) is 11.5 Å². The van der Waals surface area contributed by atoms with Crippen molar-refractivity contribution in [3.05, 3.63) is 130 Å². The number of phenolic OH excluding ortho intramolecular Hbond substituents is 1. The maximum atomic E-state index is 12.9. The average Bonchev–Trinajstić information content (AvgIpc) is 2.97. The second kappa shape index (κ2) is 10.9. The molecule has 5 rings (SSSR count). The minimum atomic E-state index is -1.24. The smallest absolute Gasteiger partial charge is 0.336 e. The first-order chi connectivity index (χ1) is 19.3. The molecule has 0 atom stereocenters. The molecule has 9 heteroatoms. The first-order valence-electron chi connectivity index (χ1n) is 12.1. The minimum absolute atomic E-state index is 0.0106. The third-order valence-corrected chi connectivity index (χ3v) is 6.22. The molecular weight excluding hydrogens is 510 g/mol. The number of aromatic carboxylic acids is 1. The second-order valence-electron chi connectivity index (χ2n) is 8.77. The molecule has 0 spiro atoms. The Morgan fingerprint density at radius 1 is 0.725 bits per heavy atom. The number of amides is 1. The standard InChI is InChI=1S/C31H21N3O6/c35-25-16-14-18-9-6-12-24(32-30(38)19-7-2-1-3-8-19)27(18)28(25)34-33-23-15-13-20(17-26(23)36)29(37)21-10-4-5-11-22(21)31(39)40/h1-17,33,36H,(H,32,38)(H,39,40). The fourth-order valence-corrected chi connectivity index (χ4v) is 4.25. The van der Waals surface area contributed by atoms with E-state index in [2.05, 4.69) is 15.8 Å². The van der Waals surface area contributed by atoms with E-state index in [-0.39, 0.29) is 39.7 Å². The number of allylic oxidation sites excluding steroid dienone is 1. The molecule has 4 aromatic carbocycles. The molecule has 1 aliphatic carbocycles. The predicted octanol–water partition coefficient (Wildman–Crippen LogP) is 4.99. The fourth-order valence-electron chi connectivity index (χ4n) is 4.25. The number of benzene rings is 4. The zero-order valence-electron chi connectivity index (χ0n) is 20.8. The summed E-state index contributed by atoms with van der Waals surface area (Å²) in [5, 5.41) is 27.1. The lowest BCUT2D eigenvalue weighted by molar-refractivity contribution is -0.108.